The summed E-state index contributed by atoms with van der Waals surface area (Å²) in [7, 11) is 0. The first kappa shape index (κ1) is 23.8. The summed E-state index contributed by atoms with van der Waals surface area (Å²) >= 11 is 9.47. The Balaban J connectivity index is 1.81. The van der Waals surface area contributed by atoms with E-state index in [2.05, 4.69) is 4.98 Å². The van der Waals surface area contributed by atoms with Gasteiger partial charge in [0, 0.05) is 63.4 Å². The number of halogens is 1. The van der Waals surface area contributed by atoms with E-state index in [4.69, 9.17) is 11.6 Å². The van der Waals surface area contributed by atoms with Crippen molar-refractivity contribution in [3.63, 3.8) is 0 Å². The van der Waals surface area contributed by atoms with Crippen molar-refractivity contribution in [3.8, 4) is 0 Å². The van der Waals surface area contributed by atoms with Crippen LogP contribution in [0.2, 0.25) is 5.02 Å². The molecule has 0 bridgehead atoms. The summed E-state index contributed by atoms with van der Waals surface area (Å²) in [4.78, 5) is 47.0. The van der Waals surface area contributed by atoms with E-state index in [0.29, 0.717) is 29.1 Å². The van der Waals surface area contributed by atoms with Crippen molar-refractivity contribution in [2.45, 2.75) is 44.9 Å². The first-order chi connectivity index (χ1) is 16.2. The fourth-order valence-electron chi connectivity index (χ4n) is 5.84. The molecule has 3 fully saturated rings. The number of pyridine rings is 1. The zero-order valence-corrected chi connectivity index (χ0v) is 21.6. The number of carbonyl (C=O) groups is 3. The van der Waals surface area contributed by atoms with Gasteiger partial charge in [0.15, 0.2) is 5.78 Å². The summed E-state index contributed by atoms with van der Waals surface area (Å²) < 4.78 is 0.944. The molecule has 2 saturated carbocycles. The molecule has 7 heteroatoms. The minimum absolute atomic E-state index is 0.00330. The van der Waals surface area contributed by atoms with Gasteiger partial charge in [-0.05, 0) is 35.2 Å². The van der Waals surface area contributed by atoms with Gasteiger partial charge >= 0.3 is 0 Å². The number of aromatic nitrogens is 1. The molecule has 2 atom stereocenters. The van der Waals surface area contributed by atoms with Crippen LogP contribution in [0, 0.1) is 10.8 Å². The lowest BCUT2D eigenvalue weighted by Gasteiger charge is -2.52. The molecule has 0 amide bonds. The van der Waals surface area contributed by atoms with Crippen LogP contribution in [0.15, 0.2) is 58.5 Å². The molecule has 1 aromatic heterocycles. The summed E-state index contributed by atoms with van der Waals surface area (Å²) in [5.41, 5.74) is 0.252. The third-order valence-electron chi connectivity index (χ3n) is 7.21. The van der Waals surface area contributed by atoms with Crippen molar-refractivity contribution in [2.24, 2.45) is 10.8 Å². The van der Waals surface area contributed by atoms with Crippen molar-refractivity contribution in [1.29, 1.82) is 0 Å². The second-order valence-corrected chi connectivity index (χ2v) is 13.0. The highest BCUT2D eigenvalue weighted by molar-refractivity contribution is 8.25. The number of benzene rings is 1. The van der Waals surface area contributed by atoms with E-state index in [1.807, 2.05) is 44.2 Å². The van der Waals surface area contributed by atoms with Crippen molar-refractivity contribution < 1.29 is 14.4 Å². The van der Waals surface area contributed by atoms with Gasteiger partial charge < -0.3 is 0 Å². The molecule has 1 spiro atoms. The SMILES string of the molecule is CC1(C)CC(=O)C2(C(=O)C1)[C@@H](c1ccc(Cl)cc1)CC(=O)C(=C1SCCS1)[C@H]2c1ccccn1. The highest BCUT2D eigenvalue weighted by Crippen LogP contribution is 2.63. The largest absolute Gasteiger partial charge is 0.298 e. The predicted molar refractivity (Wildman–Crippen MR) is 138 cm³/mol. The smallest absolute Gasteiger partial charge is 0.161 e. The highest BCUT2D eigenvalue weighted by atomic mass is 35.5. The molecule has 5 rings (SSSR count). The molecule has 2 aliphatic carbocycles. The maximum Gasteiger partial charge on any atom is 0.161 e. The van der Waals surface area contributed by atoms with Gasteiger partial charge in [-0.25, -0.2) is 0 Å². The van der Waals surface area contributed by atoms with Crippen molar-refractivity contribution in [3.05, 3.63) is 74.8 Å². The van der Waals surface area contributed by atoms with Gasteiger partial charge in [-0.15, -0.1) is 23.5 Å². The Morgan fingerprint density at radius 2 is 1.59 bits per heavy atom. The predicted octanol–water partition coefficient (Wildman–Crippen LogP) is 6.21. The minimum atomic E-state index is -1.36. The molecule has 2 heterocycles. The molecule has 0 radical (unpaired) electrons. The highest BCUT2D eigenvalue weighted by Gasteiger charge is 2.65. The number of rotatable bonds is 2. The summed E-state index contributed by atoms with van der Waals surface area (Å²) in [5, 5.41) is 0.574. The van der Waals surface area contributed by atoms with Crippen molar-refractivity contribution in [1.82, 2.24) is 4.98 Å². The van der Waals surface area contributed by atoms with Crippen LogP contribution in [0.3, 0.4) is 0 Å². The van der Waals surface area contributed by atoms with Gasteiger partial charge in [0.1, 0.15) is 17.0 Å². The van der Waals surface area contributed by atoms with E-state index in [1.165, 1.54) is 0 Å². The first-order valence-electron chi connectivity index (χ1n) is 11.5. The third kappa shape index (κ3) is 3.88. The molecular formula is C27H26ClNO3S2. The van der Waals surface area contributed by atoms with Crippen LogP contribution in [0.25, 0.3) is 0 Å². The number of hydrogen-bond donors (Lipinski definition) is 0. The van der Waals surface area contributed by atoms with Gasteiger partial charge in [-0.2, -0.15) is 0 Å². The average Bonchev–Trinajstić information content (AvgIpc) is 3.32. The normalized spacial score (nSPS) is 26.4. The number of Topliss-reactive ketones (excluding diaryl/α,β-unsaturated/α-hetero) is 3. The maximum absolute atomic E-state index is 14.3. The number of ketones is 3. The number of nitrogens with zero attached hydrogens (tertiary/aromatic N) is 1. The number of allylic oxidation sites excluding steroid dienone is 1. The zero-order valence-electron chi connectivity index (χ0n) is 19.2. The lowest BCUT2D eigenvalue weighted by Crippen LogP contribution is -2.58. The molecule has 0 unspecified atom stereocenters. The van der Waals surface area contributed by atoms with Gasteiger partial charge in [0.2, 0.25) is 0 Å². The van der Waals surface area contributed by atoms with Crippen LogP contribution in [0.4, 0.5) is 0 Å². The summed E-state index contributed by atoms with van der Waals surface area (Å²) in [6.45, 7) is 3.94. The van der Waals surface area contributed by atoms with Gasteiger partial charge in [-0.3, -0.25) is 19.4 Å². The van der Waals surface area contributed by atoms with E-state index < -0.39 is 22.7 Å². The summed E-state index contributed by atoms with van der Waals surface area (Å²) in [6, 6.07) is 12.8. The van der Waals surface area contributed by atoms with E-state index in [0.717, 1.165) is 21.3 Å². The van der Waals surface area contributed by atoms with Crippen LogP contribution >= 0.6 is 35.1 Å². The minimum Gasteiger partial charge on any atom is -0.298 e. The molecule has 1 aliphatic heterocycles. The molecule has 4 nitrogen and oxygen atoms in total. The zero-order chi connectivity index (χ0) is 24.1. The molecule has 3 aliphatic rings. The van der Waals surface area contributed by atoms with E-state index in [-0.39, 0.29) is 23.8 Å². The number of hydrogen-bond acceptors (Lipinski definition) is 6. The second-order valence-electron chi connectivity index (χ2n) is 10.1. The summed E-state index contributed by atoms with van der Waals surface area (Å²) in [6.07, 6.45) is 2.40. The van der Waals surface area contributed by atoms with Gasteiger partial charge in [0.05, 0.1) is 5.92 Å². The Kier molecular flexibility index (Phi) is 6.28. The molecule has 1 aromatic carbocycles. The van der Waals surface area contributed by atoms with Crippen LogP contribution in [-0.4, -0.2) is 33.8 Å². The van der Waals surface area contributed by atoms with Crippen LogP contribution in [0.1, 0.15) is 56.2 Å². The Labute approximate surface area is 213 Å². The summed E-state index contributed by atoms with van der Waals surface area (Å²) in [5.74, 6) is 0.415. The molecule has 1 saturated heterocycles. The number of carbonyl (C=O) groups excluding carboxylic acids is 3. The molecular weight excluding hydrogens is 486 g/mol. The van der Waals surface area contributed by atoms with Crippen LogP contribution in [0.5, 0.6) is 0 Å². The third-order valence-corrected chi connectivity index (χ3v) is 10.2. The fourth-order valence-corrected chi connectivity index (χ4v) is 8.61. The lowest BCUT2D eigenvalue weighted by molar-refractivity contribution is -0.153. The van der Waals surface area contributed by atoms with Crippen molar-refractivity contribution >= 4 is 52.5 Å². The fraction of sp³-hybridized carbons (Fsp3) is 0.407. The lowest BCUT2D eigenvalue weighted by atomic mass is 9.47. The first-order valence-corrected chi connectivity index (χ1v) is 13.8. The standard InChI is InChI=1S/C27H26ClNO3S2/c1-26(2)14-21(31)27(22(32)15-26)18(16-6-8-17(28)9-7-16)13-20(30)23(25-33-11-12-34-25)24(27)19-5-3-4-10-29-19/h3-10,18,24H,11-15H2,1-2H3/t18-,24-/m1/s1. The quantitative estimate of drug-likeness (QED) is 0.352. The molecule has 0 N–H and O–H groups in total. The topological polar surface area (TPSA) is 64.1 Å². The average molecular weight is 512 g/mol. The van der Waals surface area contributed by atoms with E-state index >= 15 is 0 Å². The molecule has 2 aromatic rings. The Hall–Kier alpha value is -1.89. The van der Waals surface area contributed by atoms with Crippen LogP contribution in [-0.2, 0) is 14.4 Å². The Morgan fingerprint density at radius 3 is 2.18 bits per heavy atom. The van der Waals surface area contributed by atoms with Crippen LogP contribution < -0.4 is 0 Å². The van der Waals surface area contributed by atoms with Gasteiger partial charge in [-0.1, -0.05) is 43.6 Å². The Morgan fingerprint density at radius 1 is 0.941 bits per heavy atom. The Bertz CT molecular complexity index is 1160. The van der Waals surface area contributed by atoms with Gasteiger partial charge in [0.25, 0.3) is 0 Å². The van der Waals surface area contributed by atoms with E-state index in [1.54, 1.807) is 41.9 Å². The second kappa shape index (κ2) is 8.96. The van der Waals surface area contributed by atoms with E-state index in [9.17, 15) is 14.4 Å². The van der Waals surface area contributed by atoms with Crippen molar-refractivity contribution in [2.75, 3.05) is 11.5 Å². The molecule has 176 valence electrons. The monoisotopic (exact) mass is 511 g/mol. The number of thioether (sulfide) groups is 2. The maximum atomic E-state index is 14.3. The molecule has 34 heavy (non-hydrogen) atoms.